The second kappa shape index (κ2) is 9.96. The number of ether oxygens (including phenoxy) is 1. The van der Waals surface area contributed by atoms with Crippen molar-refractivity contribution in [1.29, 1.82) is 0 Å². The number of hydrogen-bond donors (Lipinski definition) is 0. The number of rotatable bonds is 7. The van der Waals surface area contributed by atoms with E-state index >= 15 is 0 Å². The maximum atomic E-state index is 12.4. The second-order valence-electron chi connectivity index (χ2n) is 6.53. The van der Waals surface area contributed by atoms with Crippen LogP contribution in [-0.2, 0) is 14.3 Å². The standard InChI is InChI=1S/C17H32N4O3/c1-3-18-6-10-21(11-7-18)17(23)4-5-20(16(2)22)9-8-19-12-14-24-15-13-19/h3-15H2,1-2H3. The molecule has 138 valence electrons. The molecule has 0 aromatic rings. The van der Waals surface area contributed by atoms with Crippen LogP contribution in [0.1, 0.15) is 20.3 Å². The van der Waals surface area contributed by atoms with E-state index in [1.165, 1.54) is 0 Å². The summed E-state index contributed by atoms with van der Waals surface area (Å²) in [5.41, 5.74) is 0. The van der Waals surface area contributed by atoms with Crippen molar-refractivity contribution in [3.05, 3.63) is 0 Å². The number of likely N-dealkylation sites (N-methyl/N-ethyl adjacent to an activating group) is 1. The van der Waals surface area contributed by atoms with Gasteiger partial charge in [0, 0.05) is 72.2 Å². The van der Waals surface area contributed by atoms with Crippen molar-refractivity contribution < 1.29 is 14.3 Å². The number of piperazine rings is 1. The highest BCUT2D eigenvalue weighted by Gasteiger charge is 2.21. The minimum absolute atomic E-state index is 0.0480. The van der Waals surface area contributed by atoms with Crippen LogP contribution in [0.4, 0.5) is 0 Å². The van der Waals surface area contributed by atoms with Crippen LogP contribution in [0.15, 0.2) is 0 Å². The molecule has 2 amide bonds. The van der Waals surface area contributed by atoms with Crippen LogP contribution >= 0.6 is 0 Å². The third-order valence-corrected chi connectivity index (χ3v) is 5.00. The van der Waals surface area contributed by atoms with Crippen molar-refractivity contribution in [1.82, 2.24) is 19.6 Å². The fourth-order valence-electron chi connectivity index (χ4n) is 3.22. The van der Waals surface area contributed by atoms with E-state index in [2.05, 4.69) is 16.7 Å². The molecule has 7 heteroatoms. The lowest BCUT2D eigenvalue weighted by Crippen LogP contribution is -2.49. The molecule has 0 spiro atoms. The molecule has 24 heavy (non-hydrogen) atoms. The van der Waals surface area contributed by atoms with Gasteiger partial charge in [0.2, 0.25) is 11.8 Å². The maximum Gasteiger partial charge on any atom is 0.224 e. The van der Waals surface area contributed by atoms with Crippen molar-refractivity contribution in [2.24, 2.45) is 0 Å². The molecule has 2 heterocycles. The summed E-state index contributed by atoms with van der Waals surface area (Å²) in [7, 11) is 0. The molecule has 0 aliphatic carbocycles. The Balaban J connectivity index is 1.70. The van der Waals surface area contributed by atoms with Crippen molar-refractivity contribution in [3.63, 3.8) is 0 Å². The highest BCUT2D eigenvalue weighted by Crippen LogP contribution is 2.05. The summed E-state index contributed by atoms with van der Waals surface area (Å²) in [4.78, 5) is 32.6. The number of amides is 2. The van der Waals surface area contributed by atoms with E-state index in [0.29, 0.717) is 19.5 Å². The second-order valence-corrected chi connectivity index (χ2v) is 6.53. The lowest BCUT2D eigenvalue weighted by Gasteiger charge is -2.34. The van der Waals surface area contributed by atoms with E-state index in [9.17, 15) is 9.59 Å². The van der Waals surface area contributed by atoms with Crippen LogP contribution in [0.2, 0.25) is 0 Å². The van der Waals surface area contributed by atoms with Crippen molar-refractivity contribution in [2.45, 2.75) is 20.3 Å². The molecule has 2 aliphatic rings. The summed E-state index contributed by atoms with van der Waals surface area (Å²) in [6.45, 7) is 13.7. The Hall–Kier alpha value is -1.18. The quantitative estimate of drug-likeness (QED) is 0.638. The Morgan fingerprint density at radius 3 is 2.21 bits per heavy atom. The monoisotopic (exact) mass is 340 g/mol. The van der Waals surface area contributed by atoms with Crippen molar-refractivity contribution in [2.75, 3.05) is 78.7 Å². The topological polar surface area (TPSA) is 56.3 Å². The Morgan fingerprint density at radius 2 is 1.62 bits per heavy atom. The lowest BCUT2D eigenvalue weighted by molar-refractivity contribution is -0.134. The van der Waals surface area contributed by atoms with Crippen LogP contribution in [0.3, 0.4) is 0 Å². The van der Waals surface area contributed by atoms with E-state index in [1.54, 1.807) is 11.8 Å². The minimum atomic E-state index is 0.0480. The molecule has 0 radical (unpaired) electrons. The Bertz CT molecular complexity index is 405. The molecule has 2 rings (SSSR count). The first-order valence-corrected chi connectivity index (χ1v) is 9.16. The van der Waals surface area contributed by atoms with E-state index in [1.807, 2.05) is 4.90 Å². The Labute approximate surface area is 145 Å². The highest BCUT2D eigenvalue weighted by molar-refractivity contribution is 5.78. The Kier molecular flexibility index (Phi) is 7.94. The molecule has 0 atom stereocenters. The zero-order valence-corrected chi connectivity index (χ0v) is 15.2. The molecule has 0 aromatic carbocycles. The van der Waals surface area contributed by atoms with E-state index in [-0.39, 0.29) is 11.8 Å². The van der Waals surface area contributed by atoms with Gasteiger partial charge in [0.15, 0.2) is 0 Å². The first-order valence-electron chi connectivity index (χ1n) is 9.16. The third kappa shape index (κ3) is 6.03. The number of hydrogen-bond acceptors (Lipinski definition) is 5. The molecule has 0 saturated carbocycles. The molecule has 0 N–H and O–H groups in total. The number of carbonyl (C=O) groups is 2. The van der Waals surface area contributed by atoms with Crippen LogP contribution < -0.4 is 0 Å². The molecule has 0 unspecified atom stereocenters. The fourth-order valence-corrected chi connectivity index (χ4v) is 3.22. The summed E-state index contributed by atoms with van der Waals surface area (Å²) in [5.74, 6) is 0.218. The van der Waals surface area contributed by atoms with Gasteiger partial charge in [0.1, 0.15) is 0 Å². The predicted molar refractivity (Wildman–Crippen MR) is 92.8 cm³/mol. The fraction of sp³-hybridized carbons (Fsp3) is 0.882. The number of nitrogens with zero attached hydrogens (tertiary/aromatic N) is 4. The van der Waals surface area contributed by atoms with E-state index < -0.39 is 0 Å². The van der Waals surface area contributed by atoms with Gasteiger partial charge in [-0.25, -0.2) is 0 Å². The van der Waals surface area contributed by atoms with Crippen molar-refractivity contribution >= 4 is 11.8 Å². The molecular formula is C17H32N4O3. The maximum absolute atomic E-state index is 12.4. The summed E-state index contributed by atoms with van der Waals surface area (Å²) < 4.78 is 5.34. The highest BCUT2D eigenvalue weighted by atomic mass is 16.5. The Morgan fingerprint density at radius 1 is 0.958 bits per heavy atom. The normalized spacial score (nSPS) is 20.2. The van der Waals surface area contributed by atoms with Gasteiger partial charge in [-0.15, -0.1) is 0 Å². The van der Waals surface area contributed by atoms with E-state index in [0.717, 1.165) is 65.6 Å². The SMILES string of the molecule is CCN1CCN(C(=O)CCN(CCN2CCOCC2)C(C)=O)CC1. The summed E-state index contributed by atoms with van der Waals surface area (Å²) >= 11 is 0. The van der Waals surface area contributed by atoms with Crippen LogP contribution in [0.25, 0.3) is 0 Å². The minimum Gasteiger partial charge on any atom is -0.379 e. The molecule has 2 saturated heterocycles. The summed E-state index contributed by atoms with van der Waals surface area (Å²) in [6, 6.07) is 0. The van der Waals surface area contributed by atoms with Gasteiger partial charge >= 0.3 is 0 Å². The number of carbonyl (C=O) groups excluding carboxylic acids is 2. The first-order chi connectivity index (χ1) is 11.6. The van der Waals surface area contributed by atoms with Crippen LogP contribution in [0.5, 0.6) is 0 Å². The summed E-state index contributed by atoms with van der Waals surface area (Å²) in [6.07, 6.45) is 0.425. The zero-order valence-electron chi connectivity index (χ0n) is 15.2. The largest absolute Gasteiger partial charge is 0.379 e. The molecule has 2 aliphatic heterocycles. The van der Waals surface area contributed by atoms with Gasteiger partial charge in [-0.2, -0.15) is 0 Å². The van der Waals surface area contributed by atoms with Crippen LogP contribution in [0, 0.1) is 0 Å². The van der Waals surface area contributed by atoms with Crippen LogP contribution in [-0.4, -0.2) is 110 Å². The van der Waals surface area contributed by atoms with Gasteiger partial charge in [-0.1, -0.05) is 6.92 Å². The first kappa shape index (κ1) is 19.1. The van der Waals surface area contributed by atoms with E-state index in [4.69, 9.17) is 4.74 Å². The smallest absolute Gasteiger partial charge is 0.224 e. The molecule has 0 bridgehead atoms. The molecule has 7 nitrogen and oxygen atoms in total. The molecule has 0 aromatic heterocycles. The molecular weight excluding hydrogens is 308 g/mol. The lowest BCUT2D eigenvalue weighted by atomic mass is 10.2. The summed E-state index contributed by atoms with van der Waals surface area (Å²) in [5, 5.41) is 0. The van der Waals surface area contributed by atoms with Gasteiger partial charge < -0.3 is 19.4 Å². The average molecular weight is 340 g/mol. The average Bonchev–Trinajstić information content (AvgIpc) is 2.62. The van der Waals surface area contributed by atoms with Gasteiger partial charge in [-0.3, -0.25) is 14.5 Å². The van der Waals surface area contributed by atoms with Crippen molar-refractivity contribution in [3.8, 4) is 0 Å². The van der Waals surface area contributed by atoms with Gasteiger partial charge in [-0.05, 0) is 6.54 Å². The third-order valence-electron chi connectivity index (χ3n) is 5.00. The number of morpholine rings is 1. The zero-order chi connectivity index (χ0) is 17.4. The predicted octanol–water partition coefficient (Wildman–Crippen LogP) is -0.279. The van der Waals surface area contributed by atoms with Gasteiger partial charge in [0.05, 0.1) is 13.2 Å². The van der Waals surface area contributed by atoms with Gasteiger partial charge in [0.25, 0.3) is 0 Å². The molecule has 2 fully saturated rings.